The molecule has 1 atom stereocenters. The van der Waals surface area contributed by atoms with E-state index in [-0.39, 0.29) is 0 Å². The Balaban J connectivity index is 3.16. The maximum atomic E-state index is 8.54. The predicted octanol–water partition coefficient (Wildman–Crippen LogP) is -0.958. The van der Waals surface area contributed by atoms with Crippen LogP contribution in [0.25, 0.3) is 0 Å². The highest BCUT2D eigenvalue weighted by Crippen LogP contribution is 1.92. The molecular formula is C5H12O4. The fraction of sp³-hybridized carbons (Fsp3) is 1.00. The van der Waals surface area contributed by atoms with Crippen LogP contribution in [0.2, 0.25) is 0 Å². The van der Waals surface area contributed by atoms with E-state index in [9.17, 15) is 0 Å². The first-order chi connectivity index (χ1) is 4.18. The first-order valence-electron chi connectivity index (χ1n) is 2.84. The topological polar surface area (TPSA) is 69.9 Å². The summed E-state index contributed by atoms with van der Waals surface area (Å²) in [6, 6.07) is 0. The molecule has 0 heterocycles. The minimum atomic E-state index is -1.79. The third-order valence-corrected chi connectivity index (χ3v) is 0.748. The highest BCUT2D eigenvalue weighted by atomic mass is 16.6. The molecule has 0 rings (SSSR count). The van der Waals surface area contributed by atoms with Crippen LogP contribution < -0.4 is 0 Å². The van der Waals surface area contributed by atoms with Crippen LogP contribution in [-0.2, 0) is 4.74 Å². The Morgan fingerprint density at radius 2 is 1.89 bits per heavy atom. The van der Waals surface area contributed by atoms with E-state index >= 15 is 0 Å². The standard InChI is InChI=1S/C5H12O4/c1-2-3-9-5(8)4(6)7/h4-8H,2-3H2,1H3. The van der Waals surface area contributed by atoms with Gasteiger partial charge in [-0.3, -0.25) is 0 Å². The van der Waals surface area contributed by atoms with Crippen molar-refractivity contribution in [3.05, 3.63) is 0 Å². The van der Waals surface area contributed by atoms with E-state index in [4.69, 9.17) is 15.3 Å². The van der Waals surface area contributed by atoms with Crippen LogP contribution in [0.5, 0.6) is 0 Å². The molecule has 9 heavy (non-hydrogen) atoms. The molecule has 0 bridgehead atoms. The molecule has 0 amide bonds. The lowest BCUT2D eigenvalue weighted by Crippen LogP contribution is -2.28. The van der Waals surface area contributed by atoms with E-state index in [1.807, 2.05) is 6.92 Å². The molecule has 1 unspecified atom stereocenters. The lowest BCUT2D eigenvalue weighted by Gasteiger charge is -2.11. The Bertz CT molecular complexity index is 64.0. The van der Waals surface area contributed by atoms with E-state index in [0.717, 1.165) is 6.42 Å². The van der Waals surface area contributed by atoms with Gasteiger partial charge in [0.15, 0.2) is 0 Å². The molecule has 0 aromatic rings. The molecule has 0 radical (unpaired) electrons. The second-order valence-corrected chi connectivity index (χ2v) is 1.67. The summed E-state index contributed by atoms with van der Waals surface area (Å²) < 4.78 is 4.51. The largest absolute Gasteiger partial charge is 0.364 e. The van der Waals surface area contributed by atoms with Crippen LogP contribution in [0, 0.1) is 0 Å². The van der Waals surface area contributed by atoms with Crippen molar-refractivity contribution in [2.45, 2.75) is 25.9 Å². The van der Waals surface area contributed by atoms with Crippen LogP contribution >= 0.6 is 0 Å². The Morgan fingerprint density at radius 1 is 1.33 bits per heavy atom. The van der Waals surface area contributed by atoms with Gasteiger partial charge in [-0.15, -0.1) is 0 Å². The number of hydrogen-bond acceptors (Lipinski definition) is 4. The zero-order valence-corrected chi connectivity index (χ0v) is 5.32. The fourth-order valence-electron chi connectivity index (χ4n) is 0.325. The summed E-state index contributed by atoms with van der Waals surface area (Å²) in [5.41, 5.74) is 0. The summed E-state index contributed by atoms with van der Waals surface area (Å²) in [4.78, 5) is 0. The Labute approximate surface area is 53.7 Å². The van der Waals surface area contributed by atoms with E-state index in [0.29, 0.717) is 6.61 Å². The minimum absolute atomic E-state index is 0.332. The van der Waals surface area contributed by atoms with Crippen molar-refractivity contribution in [3.8, 4) is 0 Å². The number of aliphatic hydroxyl groups excluding tert-OH is 2. The molecule has 0 fully saturated rings. The molecule has 0 aromatic heterocycles. The highest BCUT2D eigenvalue weighted by molar-refractivity contribution is 4.39. The lowest BCUT2D eigenvalue weighted by molar-refractivity contribution is -0.231. The Morgan fingerprint density at radius 3 is 2.22 bits per heavy atom. The molecule has 0 aliphatic heterocycles. The van der Waals surface area contributed by atoms with Gasteiger partial charge in [-0.2, -0.15) is 0 Å². The third kappa shape index (κ3) is 4.35. The summed E-state index contributed by atoms with van der Waals surface area (Å²) in [5.74, 6) is 0. The highest BCUT2D eigenvalue weighted by Gasteiger charge is 2.10. The smallest absolute Gasteiger partial charge is 0.206 e. The van der Waals surface area contributed by atoms with Crippen molar-refractivity contribution in [2.75, 3.05) is 6.61 Å². The van der Waals surface area contributed by atoms with Crippen molar-refractivity contribution in [1.82, 2.24) is 0 Å². The van der Waals surface area contributed by atoms with Gasteiger partial charge in [-0.25, -0.2) is 0 Å². The molecular weight excluding hydrogens is 124 g/mol. The molecule has 56 valence electrons. The van der Waals surface area contributed by atoms with Gasteiger partial charge in [-0.05, 0) is 6.42 Å². The first-order valence-corrected chi connectivity index (χ1v) is 2.84. The molecule has 3 N–H and O–H groups in total. The molecule has 0 saturated heterocycles. The van der Waals surface area contributed by atoms with Gasteiger partial charge < -0.3 is 20.1 Å². The maximum absolute atomic E-state index is 8.54. The molecule has 0 saturated carbocycles. The van der Waals surface area contributed by atoms with Crippen molar-refractivity contribution < 1.29 is 20.1 Å². The maximum Gasteiger partial charge on any atom is 0.206 e. The molecule has 0 aliphatic carbocycles. The predicted molar refractivity (Wildman–Crippen MR) is 30.5 cm³/mol. The second-order valence-electron chi connectivity index (χ2n) is 1.67. The zero-order valence-electron chi connectivity index (χ0n) is 5.32. The van der Waals surface area contributed by atoms with E-state index in [1.165, 1.54) is 0 Å². The van der Waals surface area contributed by atoms with Crippen LogP contribution in [0.4, 0.5) is 0 Å². The molecule has 4 nitrogen and oxygen atoms in total. The van der Waals surface area contributed by atoms with Crippen molar-refractivity contribution >= 4 is 0 Å². The number of hydrogen-bond donors (Lipinski definition) is 3. The van der Waals surface area contributed by atoms with E-state index < -0.39 is 12.6 Å². The summed E-state index contributed by atoms with van der Waals surface area (Å²) >= 11 is 0. The molecule has 0 aliphatic rings. The van der Waals surface area contributed by atoms with E-state index in [1.54, 1.807) is 0 Å². The SMILES string of the molecule is CCCOC(O)C(O)O. The normalized spacial score (nSPS) is 14.3. The summed E-state index contributed by atoms with van der Waals surface area (Å²) in [5, 5.41) is 25.0. The van der Waals surface area contributed by atoms with Gasteiger partial charge in [-0.1, -0.05) is 6.92 Å². The number of ether oxygens (including phenoxy) is 1. The van der Waals surface area contributed by atoms with Crippen LogP contribution in [-0.4, -0.2) is 34.5 Å². The summed E-state index contributed by atoms with van der Waals surface area (Å²) in [7, 11) is 0. The van der Waals surface area contributed by atoms with Crippen molar-refractivity contribution in [3.63, 3.8) is 0 Å². The third-order valence-electron chi connectivity index (χ3n) is 0.748. The van der Waals surface area contributed by atoms with E-state index in [2.05, 4.69) is 4.74 Å². The van der Waals surface area contributed by atoms with Gasteiger partial charge in [0.1, 0.15) is 0 Å². The summed E-state index contributed by atoms with van der Waals surface area (Å²) in [6.45, 7) is 2.19. The van der Waals surface area contributed by atoms with Crippen molar-refractivity contribution in [2.24, 2.45) is 0 Å². The zero-order chi connectivity index (χ0) is 7.28. The van der Waals surface area contributed by atoms with Crippen molar-refractivity contribution in [1.29, 1.82) is 0 Å². The molecule has 0 spiro atoms. The first kappa shape index (κ1) is 8.84. The van der Waals surface area contributed by atoms with Gasteiger partial charge in [0.05, 0.1) is 0 Å². The average Bonchev–Trinajstić information content (AvgIpc) is 1.82. The minimum Gasteiger partial charge on any atom is -0.364 e. The Kier molecular flexibility index (Phi) is 4.61. The molecule has 0 aromatic carbocycles. The van der Waals surface area contributed by atoms with Gasteiger partial charge in [0.25, 0.3) is 0 Å². The Hall–Kier alpha value is -0.160. The number of aliphatic hydroxyl groups is 3. The van der Waals surface area contributed by atoms with Gasteiger partial charge in [0.2, 0.25) is 12.6 Å². The fourth-order valence-corrected chi connectivity index (χ4v) is 0.325. The van der Waals surface area contributed by atoms with Gasteiger partial charge in [0, 0.05) is 6.61 Å². The van der Waals surface area contributed by atoms with Crippen LogP contribution in [0.1, 0.15) is 13.3 Å². The quantitative estimate of drug-likeness (QED) is 0.435. The molecule has 4 heteroatoms. The average molecular weight is 136 g/mol. The van der Waals surface area contributed by atoms with Crippen LogP contribution in [0.3, 0.4) is 0 Å². The monoisotopic (exact) mass is 136 g/mol. The summed E-state index contributed by atoms with van der Waals surface area (Å²) in [6.07, 6.45) is -2.52. The number of rotatable bonds is 4. The second kappa shape index (κ2) is 4.69. The van der Waals surface area contributed by atoms with Crippen LogP contribution in [0.15, 0.2) is 0 Å². The van der Waals surface area contributed by atoms with Gasteiger partial charge >= 0.3 is 0 Å². The lowest BCUT2D eigenvalue weighted by atomic mass is 10.5.